The molecule has 1 saturated heterocycles. The first kappa shape index (κ1) is 12.6. The van der Waals surface area contributed by atoms with Crippen LogP contribution in [0.15, 0.2) is 29.6 Å². The number of nitrogens with one attached hydrogen (secondary N) is 1. The van der Waals surface area contributed by atoms with E-state index in [1.807, 2.05) is 30.1 Å². The standard InChI is InChI=1S/C15H18N2OS/c1-16-9-11-4-6-17(10-11)15(18)13-2-3-14-12(8-13)5-7-19-14/h2-3,5,7-8,11,16H,4,6,9-10H2,1H3. The minimum atomic E-state index is 0.173. The molecule has 0 radical (unpaired) electrons. The molecule has 0 saturated carbocycles. The van der Waals surface area contributed by atoms with Gasteiger partial charge in [0.15, 0.2) is 0 Å². The van der Waals surface area contributed by atoms with Gasteiger partial charge >= 0.3 is 0 Å². The molecule has 1 aromatic heterocycles. The highest BCUT2D eigenvalue weighted by molar-refractivity contribution is 7.17. The fourth-order valence-electron chi connectivity index (χ4n) is 2.75. The van der Waals surface area contributed by atoms with E-state index in [2.05, 4.69) is 16.8 Å². The highest BCUT2D eigenvalue weighted by Crippen LogP contribution is 2.24. The first-order valence-corrected chi connectivity index (χ1v) is 7.57. The third kappa shape index (κ3) is 2.51. The number of carbonyl (C=O) groups excluding carboxylic acids is 1. The molecular formula is C15H18N2OS. The Morgan fingerprint density at radius 2 is 2.37 bits per heavy atom. The zero-order valence-corrected chi connectivity index (χ0v) is 11.9. The van der Waals surface area contributed by atoms with Crippen molar-refractivity contribution in [3.63, 3.8) is 0 Å². The molecule has 3 nitrogen and oxygen atoms in total. The molecule has 4 heteroatoms. The largest absolute Gasteiger partial charge is 0.338 e. The predicted octanol–water partition coefficient (Wildman–Crippen LogP) is 2.58. The highest BCUT2D eigenvalue weighted by atomic mass is 32.1. The normalized spacial score (nSPS) is 19.2. The van der Waals surface area contributed by atoms with Crippen LogP contribution in [0, 0.1) is 5.92 Å². The summed E-state index contributed by atoms with van der Waals surface area (Å²) in [4.78, 5) is 14.5. The second kappa shape index (κ2) is 5.31. The molecule has 1 aliphatic heterocycles. The third-order valence-corrected chi connectivity index (χ3v) is 4.66. The van der Waals surface area contributed by atoms with E-state index in [1.54, 1.807) is 11.3 Å². The maximum absolute atomic E-state index is 12.5. The lowest BCUT2D eigenvalue weighted by Crippen LogP contribution is -2.30. The summed E-state index contributed by atoms with van der Waals surface area (Å²) in [5.74, 6) is 0.769. The minimum absolute atomic E-state index is 0.173. The summed E-state index contributed by atoms with van der Waals surface area (Å²) in [7, 11) is 1.97. The van der Waals surface area contributed by atoms with Crippen LogP contribution in [0.25, 0.3) is 10.1 Å². The van der Waals surface area contributed by atoms with Crippen LogP contribution in [0.2, 0.25) is 0 Å². The number of amides is 1. The smallest absolute Gasteiger partial charge is 0.253 e. The van der Waals surface area contributed by atoms with Gasteiger partial charge in [-0.15, -0.1) is 11.3 Å². The van der Waals surface area contributed by atoms with Crippen molar-refractivity contribution in [2.24, 2.45) is 5.92 Å². The number of thiophene rings is 1. The summed E-state index contributed by atoms with van der Waals surface area (Å²) in [6.07, 6.45) is 1.10. The van der Waals surface area contributed by atoms with Gasteiger partial charge in [-0.3, -0.25) is 4.79 Å². The summed E-state index contributed by atoms with van der Waals surface area (Å²) >= 11 is 1.71. The van der Waals surface area contributed by atoms with Crippen LogP contribution < -0.4 is 5.32 Å². The van der Waals surface area contributed by atoms with E-state index < -0.39 is 0 Å². The van der Waals surface area contributed by atoms with Crippen molar-refractivity contribution in [3.8, 4) is 0 Å². The number of likely N-dealkylation sites (tertiary alicyclic amines) is 1. The Morgan fingerprint density at radius 3 is 3.21 bits per heavy atom. The molecule has 2 aromatic rings. The molecule has 1 aromatic carbocycles. The van der Waals surface area contributed by atoms with E-state index in [0.717, 1.165) is 31.6 Å². The van der Waals surface area contributed by atoms with Gasteiger partial charge in [-0.2, -0.15) is 0 Å². The van der Waals surface area contributed by atoms with Gasteiger partial charge < -0.3 is 10.2 Å². The second-order valence-electron chi connectivity index (χ2n) is 5.14. The number of hydrogen-bond acceptors (Lipinski definition) is 3. The highest BCUT2D eigenvalue weighted by Gasteiger charge is 2.26. The SMILES string of the molecule is CNCC1CCN(C(=O)c2ccc3sccc3c2)C1. The number of hydrogen-bond donors (Lipinski definition) is 1. The predicted molar refractivity (Wildman–Crippen MR) is 79.8 cm³/mol. The fraction of sp³-hybridized carbons (Fsp3) is 0.400. The topological polar surface area (TPSA) is 32.3 Å². The molecule has 1 N–H and O–H groups in total. The molecule has 0 aliphatic carbocycles. The molecule has 0 bridgehead atoms. The van der Waals surface area contributed by atoms with Crippen molar-refractivity contribution in [2.75, 3.05) is 26.7 Å². The Bertz CT molecular complexity index is 593. The van der Waals surface area contributed by atoms with Crippen molar-refractivity contribution in [2.45, 2.75) is 6.42 Å². The van der Waals surface area contributed by atoms with Crippen LogP contribution in [-0.2, 0) is 0 Å². The Balaban J connectivity index is 1.76. The average Bonchev–Trinajstić information content (AvgIpc) is 3.05. The monoisotopic (exact) mass is 274 g/mol. The quantitative estimate of drug-likeness (QED) is 0.933. The van der Waals surface area contributed by atoms with Crippen LogP contribution in [-0.4, -0.2) is 37.5 Å². The second-order valence-corrected chi connectivity index (χ2v) is 6.08. The van der Waals surface area contributed by atoms with E-state index in [-0.39, 0.29) is 5.91 Å². The maximum atomic E-state index is 12.5. The molecule has 1 amide bonds. The molecule has 1 atom stereocenters. The Morgan fingerprint density at radius 1 is 1.47 bits per heavy atom. The third-order valence-electron chi connectivity index (χ3n) is 3.77. The zero-order chi connectivity index (χ0) is 13.2. The summed E-state index contributed by atoms with van der Waals surface area (Å²) in [6.45, 7) is 2.75. The molecule has 100 valence electrons. The van der Waals surface area contributed by atoms with E-state index in [1.165, 1.54) is 10.1 Å². The lowest BCUT2D eigenvalue weighted by Gasteiger charge is -2.16. The van der Waals surface area contributed by atoms with Crippen LogP contribution >= 0.6 is 11.3 Å². The molecule has 1 fully saturated rings. The lowest BCUT2D eigenvalue weighted by atomic mass is 10.1. The van der Waals surface area contributed by atoms with Gasteiger partial charge in [-0.25, -0.2) is 0 Å². The zero-order valence-electron chi connectivity index (χ0n) is 11.1. The number of carbonyl (C=O) groups is 1. The number of benzene rings is 1. The van der Waals surface area contributed by atoms with Crippen molar-refractivity contribution in [1.29, 1.82) is 0 Å². The van der Waals surface area contributed by atoms with Gasteiger partial charge in [0.05, 0.1) is 0 Å². The Hall–Kier alpha value is -1.39. The lowest BCUT2D eigenvalue weighted by molar-refractivity contribution is 0.0787. The van der Waals surface area contributed by atoms with E-state index in [9.17, 15) is 4.79 Å². The molecular weight excluding hydrogens is 256 g/mol. The summed E-state index contributed by atoms with van der Waals surface area (Å²) in [5.41, 5.74) is 0.816. The fourth-order valence-corrected chi connectivity index (χ4v) is 3.53. The first-order chi connectivity index (χ1) is 9.28. The first-order valence-electron chi connectivity index (χ1n) is 6.69. The number of nitrogens with zero attached hydrogens (tertiary/aromatic N) is 1. The minimum Gasteiger partial charge on any atom is -0.338 e. The van der Waals surface area contributed by atoms with E-state index >= 15 is 0 Å². The molecule has 19 heavy (non-hydrogen) atoms. The van der Waals surface area contributed by atoms with Crippen LogP contribution in [0.4, 0.5) is 0 Å². The van der Waals surface area contributed by atoms with Crippen molar-refractivity contribution in [3.05, 3.63) is 35.2 Å². The van der Waals surface area contributed by atoms with Gasteiger partial charge in [-0.1, -0.05) is 0 Å². The summed E-state index contributed by atoms with van der Waals surface area (Å²) in [5, 5.41) is 6.43. The van der Waals surface area contributed by atoms with E-state index in [0.29, 0.717) is 5.92 Å². The molecule has 1 aliphatic rings. The summed E-state index contributed by atoms with van der Waals surface area (Å²) in [6, 6.07) is 8.09. The Kier molecular flexibility index (Phi) is 3.53. The van der Waals surface area contributed by atoms with Crippen molar-refractivity contribution >= 4 is 27.3 Å². The van der Waals surface area contributed by atoms with Gasteiger partial charge in [0.1, 0.15) is 0 Å². The van der Waals surface area contributed by atoms with Gasteiger partial charge in [0.2, 0.25) is 0 Å². The van der Waals surface area contributed by atoms with Crippen LogP contribution in [0.3, 0.4) is 0 Å². The van der Waals surface area contributed by atoms with Gasteiger partial charge in [0, 0.05) is 23.4 Å². The van der Waals surface area contributed by atoms with Crippen LogP contribution in [0.1, 0.15) is 16.8 Å². The molecule has 2 heterocycles. The molecule has 1 unspecified atom stereocenters. The summed E-state index contributed by atoms with van der Waals surface area (Å²) < 4.78 is 1.24. The van der Waals surface area contributed by atoms with Crippen molar-refractivity contribution in [1.82, 2.24) is 10.2 Å². The maximum Gasteiger partial charge on any atom is 0.253 e. The van der Waals surface area contributed by atoms with E-state index in [4.69, 9.17) is 0 Å². The van der Waals surface area contributed by atoms with Crippen LogP contribution in [0.5, 0.6) is 0 Å². The van der Waals surface area contributed by atoms with Gasteiger partial charge in [0.25, 0.3) is 5.91 Å². The molecule has 0 spiro atoms. The number of rotatable bonds is 3. The number of fused-ring (bicyclic) bond motifs is 1. The Labute approximate surface area is 117 Å². The van der Waals surface area contributed by atoms with Crippen molar-refractivity contribution < 1.29 is 4.79 Å². The van der Waals surface area contributed by atoms with Gasteiger partial charge in [-0.05, 0) is 61.0 Å². The average molecular weight is 274 g/mol. The molecule has 3 rings (SSSR count).